The number of nitrogens with one attached hydrogen (secondary N) is 2. The fourth-order valence-electron chi connectivity index (χ4n) is 3.45. The van der Waals surface area contributed by atoms with Gasteiger partial charge in [0.15, 0.2) is 5.96 Å². The van der Waals surface area contributed by atoms with Crippen LogP contribution in [0.1, 0.15) is 43.4 Å². The van der Waals surface area contributed by atoms with Crippen molar-refractivity contribution in [2.75, 3.05) is 13.1 Å². The van der Waals surface area contributed by atoms with E-state index >= 15 is 0 Å². The first kappa shape index (κ1) is 19.5. The summed E-state index contributed by atoms with van der Waals surface area (Å²) in [7, 11) is 0. The van der Waals surface area contributed by atoms with E-state index in [1.54, 1.807) is 0 Å². The first-order valence-electron chi connectivity index (χ1n) is 8.60. The van der Waals surface area contributed by atoms with Crippen LogP contribution in [0.5, 0.6) is 0 Å². The maximum Gasteiger partial charge on any atom is 0.191 e. The summed E-state index contributed by atoms with van der Waals surface area (Å²) in [6.07, 6.45) is 3.51. The van der Waals surface area contributed by atoms with E-state index in [0.29, 0.717) is 24.8 Å². The number of nitrogens with zero attached hydrogens (tertiary/aromatic N) is 1. The van der Waals surface area contributed by atoms with Crippen molar-refractivity contribution in [1.82, 2.24) is 10.6 Å². The molecule has 3 N–H and O–H groups in total. The van der Waals surface area contributed by atoms with Crippen LogP contribution in [0, 0.1) is 6.92 Å². The molecular weight excluding hydrogens is 417 g/mol. The highest BCUT2D eigenvalue weighted by Gasteiger charge is 2.41. The highest BCUT2D eigenvalue weighted by Crippen LogP contribution is 2.34. The van der Waals surface area contributed by atoms with Crippen molar-refractivity contribution in [3.05, 3.63) is 35.4 Å². The van der Waals surface area contributed by atoms with E-state index in [-0.39, 0.29) is 24.0 Å². The second-order valence-corrected chi connectivity index (χ2v) is 6.51. The Bertz CT molecular complexity index is 567. The molecule has 4 unspecified atom stereocenters. The highest BCUT2D eigenvalue weighted by atomic mass is 127. The molecule has 6 heteroatoms. The van der Waals surface area contributed by atoms with Gasteiger partial charge in [0.1, 0.15) is 0 Å². The van der Waals surface area contributed by atoms with Crippen molar-refractivity contribution in [3.8, 4) is 0 Å². The van der Waals surface area contributed by atoms with Crippen LogP contribution in [0.4, 0.5) is 0 Å². The van der Waals surface area contributed by atoms with Crippen molar-refractivity contribution in [3.63, 3.8) is 0 Å². The monoisotopic (exact) mass is 445 g/mol. The third kappa shape index (κ3) is 4.83. The molecule has 2 aliphatic heterocycles. The van der Waals surface area contributed by atoms with Crippen molar-refractivity contribution in [2.45, 2.75) is 57.5 Å². The normalized spacial score (nSPS) is 26.8. The Kier molecular flexibility index (Phi) is 7.31. The van der Waals surface area contributed by atoms with Gasteiger partial charge in [-0.3, -0.25) is 4.99 Å². The van der Waals surface area contributed by atoms with Crippen LogP contribution in [-0.2, 0) is 4.74 Å². The molecule has 24 heavy (non-hydrogen) atoms. The van der Waals surface area contributed by atoms with Gasteiger partial charge in [0.2, 0.25) is 0 Å². The van der Waals surface area contributed by atoms with Crippen LogP contribution in [-0.4, -0.2) is 42.4 Å². The zero-order valence-electron chi connectivity index (χ0n) is 14.4. The zero-order valence-corrected chi connectivity index (χ0v) is 16.7. The van der Waals surface area contributed by atoms with Crippen molar-refractivity contribution >= 4 is 29.9 Å². The average Bonchev–Trinajstić information content (AvgIpc) is 3.15. The van der Waals surface area contributed by atoms with Crippen LogP contribution in [0.15, 0.2) is 29.3 Å². The van der Waals surface area contributed by atoms with Gasteiger partial charge in [0.25, 0.3) is 0 Å². The summed E-state index contributed by atoms with van der Waals surface area (Å²) >= 11 is 0. The number of hydrogen-bond donors (Lipinski definition) is 3. The smallest absolute Gasteiger partial charge is 0.191 e. The van der Waals surface area contributed by atoms with Gasteiger partial charge in [0.05, 0.1) is 30.9 Å². The summed E-state index contributed by atoms with van der Waals surface area (Å²) in [5.41, 5.74) is 2.06. The molecule has 2 saturated heterocycles. The lowest BCUT2D eigenvalue weighted by Crippen LogP contribution is -2.47. The molecule has 1 aromatic rings. The number of aliphatic imine (C=N–C) groups is 1. The lowest BCUT2D eigenvalue weighted by atomic mass is 9.96. The number of rotatable bonds is 5. The van der Waals surface area contributed by atoms with Crippen molar-refractivity contribution in [2.24, 2.45) is 4.99 Å². The predicted octanol–water partition coefficient (Wildman–Crippen LogP) is 2.52. The molecule has 3 rings (SSSR count). The Labute approximate surface area is 161 Å². The lowest BCUT2D eigenvalue weighted by molar-refractivity contribution is 0.0992. The van der Waals surface area contributed by atoms with E-state index in [0.717, 1.165) is 36.5 Å². The minimum absolute atomic E-state index is 0. The zero-order chi connectivity index (χ0) is 16.2. The molecule has 0 aliphatic carbocycles. The number of benzene rings is 1. The summed E-state index contributed by atoms with van der Waals surface area (Å²) in [6.45, 7) is 5.22. The molecular formula is C18H28IN3O2. The molecule has 0 spiro atoms. The summed E-state index contributed by atoms with van der Waals surface area (Å²) in [4.78, 5) is 4.56. The minimum atomic E-state index is -0.582. The maximum absolute atomic E-state index is 10.3. The van der Waals surface area contributed by atoms with Crippen LogP contribution in [0.2, 0.25) is 0 Å². The average molecular weight is 445 g/mol. The van der Waals surface area contributed by atoms with E-state index in [1.807, 2.05) is 38.1 Å². The molecule has 0 aromatic heterocycles. The SMILES string of the molecule is CCNC(=NCC(O)c1cccc(C)c1)NC1CC2CCC1O2.I. The summed E-state index contributed by atoms with van der Waals surface area (Å²) in [5.74, 6) is 0.764. The largest absolute Gasteiger partial charge is 0.386 e. The number of aryl methyl sites for hydroxylation is 1. The van der Waals surface area contributed by atoms with Crippen molar-refractivity contribution < 1.29 is 9.84 Å². The summed E-state index contributed by atoms with van der Waals surface area (Å²) in [5, 5.41) is 17.1. The Morgan fingerprint density at radius 2 is 2.25 bits per heavy atom. The molecule has 2 bridgehead atoms. The van der Waals surface area contributed by atoms with Gasteiger partial charge >= 0.3 is 0 Å². The molecule has 5 nitrogen and oxygen atoms in total. The number of aliphatic hydroxyl groups is 1. The molecule has 2 fully saturated rings. The number of halogens is 1. The molecule has 2 heterocycles. The number of hydrogen-bond acceptors (Lipinski definition) is 3. The van der Waals surface area contributed by atoms with Crippen LogP contribution in [0.25, 0.3) is 0 Å². The Hall–Kier alpha value is -0.860. The first-order chi connectivity index (χ1) is 11.2. The maximum atomic E-state index is 10.3. The number of aliphatic hydroxyl groups excluding tert-OH is 1. The van der Waals surface area contributed by atoms with Crippen molar-refractivity contribution in [1.29, 1.82) is 0 Å². The van der Waals surface area contributed by atoms with Crippen LogP contribution >= 0.6 is 24.0 Å². The number of guanidine groups is 1. The third-order valence-electron chi connectivity index (χ3n) is 4.62. The fraction of sp³-hybridized carbons (Fsp3) is 0.611. The standard InChI is InChI=1S/C18H27N3O2.HI/c1-3-19-18(21-15-10-14-7-8-17(15)23-14)20-11-16(22)13-6-4-5-12(2)9-13;/h4-6,9,14-17,22H,3,7-8,10-11H2,1-2H3,(H2,19,20,21);1H. The van der Waals surface area contributed by atoms with E-state index in [9.17, 15) is 5.11 Å². The Balaban J connectivity index is 0.00000208. The second kappa shape index (κ2) is 9.01. The molecule has 0 amide bonds. The molecule has 4 atom stereocenters. The molecule has 2 aliphatic rings. The van der Waals surface area contributed by atoms with Gasteiger partial charge in [-0.15, -0.1) is 24.0 Å². The number of ether oxygens (including phenoxy) is 1. The lowest BCUT2D eigenvalue weighted by Gasteiger charge is -2.23. The Morgan fingerprint density at radius 1 is 1.42 bits per heavy atom. The van der Waals surface area contributed by atoms with Gasteiger partial charge in [-0.1, -0.05) is 29.8 Å². The van der Waals surface area contributed by atoms with E-state index in [4.69, 9.17) is 4.74 Å². The van der Waals surface area contributed by atoms with Gasteiger partial charge < -0.3 is 20.5 Å². The van der Waals surface area contributed by atoms with Gasteiger partial charge in [0, 0.05) is 6.54 Å². The quantitative estimate of drug-likeness (QED) is 0.370. The van der Waals surface area contributed by atoms with E-state index in [2.05, 4.69) is 15.6 Å². The van der Waals surface area contributed by atoms with Crippen LogP contribution in [0.3, 0.4) is 0 Å². The van der Waals surface area contributed by atoms with E-state index in [1.165, 1.54) is 6.42 Å². The highest BCUT2D eigenvalue weighted by molar-refractivity contribution is 14.0. The number of fused-ring (bicyclic) bond motifs is 2. The van der Waals surface area contributed by atoms with E-state index < -0.39 is 6.10 Å². The molecule has 1 aromatic carbocycles. The molecule has 0 saturated carbocycles. The fourth-order valence-corrected chi connectivity index (χ4v) is 3.45. The third-order valence-corrected chi connectivity index (χ3v) is 4.62. The summed E-state index contributed by atoms with van der Waals surface area (Å²) in [6, 6.07) is 8.28. The first-order valence-corrected chi connectivity index (χ1v) is 8.60. The van der Waals surface area contributed by atoms with Crippen LogP contribution < -0.4 is 10.6 Å². The molecule has 0 radical (unpaired) electrons. The minimum Gasteiger partial charge on any atom is -0.386 e. The van der Waals surface area contributed by atoms with Gasteiger partial charge in [-0.2, -0.15) is 0 Å². The predicted molar refractivity (Wildman–Crippen MR) is 107 cm³/mol. The molecule has 134 valence electrons. The summed E-state index contributed by atoms with van der Waals surface area (Å²) < 4.78 is 5.88. The van der Waals surface area contributed by atoms with Gasteiger partial charge in [-0.25, -0.2) is 0 Å². The topological polar surface area (TPSA) is 65.9 Å². The van der Waals surface area contributed by atoms with Gasteiger partial charge in [-0.05, 0) is 38.7 Å². The Morgan fingerprint density at radius 3 is 2.88 bits per heavy atom. The second-order valence-electron chi connectivity index (χ2n) is 6.51.